The molecule has 0 saturated heterocycles. The Kier molecular flexibility index (Phi) is 4.93. The number of carbonyl (C=O) groups is 1. The number of ether oxygens (including phenoxy) is 1. The zero-order valence-corrected chi connectivity index (χ0v) is 15.8. The molecule has 0 spiro atoms. The van der Waals surface area contributed by atoms with Crippen molar-refractivity contribution in [2.24, 2.45) is 0 Å². The minimum absolute atomic E-state index is 0.202. The number of amides is 1. The SMILES string of the molecule is CCOC(=O)N1CCc2ccccc2Cc2sc3ccccc3c2CC1. The predicted molar refractivity (Wildman–Crippen MR) is 107 cm³/mol. The summed E-state index contributed by atoms with van der Waals surface area (Å²) in [6, 6.07) is 17.2. The summed E-state index contributed by atoms with van der Waals surface area (Å²) < 4.78 is 6.61. The van der Waals surface area contributed by atoms with Gasteiger partial charge in [-0.2, -0.15) is 0 Å². The van der Waals surface area contributed by atoms with Crippen molar-refractivity contribution >= 4 is 27.5 Å². The third-order valence-electron chi connectivity index (χ3n) is 5.06. The molecular weight excluding hydrogens is 342 g/mol. The van der Waals surface area contributed by atoms with Crippen molar-refractivity contribution in [2.45, 2.75) is 26.2 Å². The first-order chi connectivity index (χ1) is 12.8. The van der Waals surface area contributed by atoms with E-state index < -0.39 is 0 Å². The van der Waals surface area contributed by atoms with E-state index in [0.29, 0.717) is 19.7 Å². The molecule has 0 aliphatic carbocycles. The highest BCUT2D eigenvalue weighted by molar-refractivity contribution is 7.19. The highest BCUT2D eigenvalue weighted by Gasteiger charge is 2.20. The molecule has 2 aromatic carbocycles. The molecule has 2 heterocycles. The Labute approximate surface area is 158 Å². The van der Waals surface area contributed by atoms with Crippen LogP contribution >= 0.6 is 11.3 Å². The van der Waals surface area contributed by atoms with Crippen molar-refractivity contribution in [1.82, 2.24) is 4.90 Å². The van der Waals surface area contributed by atoms with Crippen LogP contribution in [0.4, 0.5) is 4.79 Å². The Hall–Kier alpha value is -2.33. The first kappa shape index (κ1) is 17.1. The molecular formula is C22H23NO2S. The molecule has 1 aliphatic heterocycles. The van der Waals surface area contributed by atoms with Crippen LogP contribution in [0.5, 0.6) is 0 Å². The van der Waals surface area contributed by atoms with Gasteiger partial charge < -0.3 is 9.64 Å². The van der Waals surface area contributed by atoms with Crippen molar-refractivity contribution in [3.63, 3.8) is 0 Å². The van der Waals surface area contributed by atoms with E-state index in [-0.39, 0.29) is 6.09 Å². The van der Waals surface area contributed by atoms with Crippen LogP contribution in [0.1, 0.15) is 28.5 Å². The summed E-state index contributed by atoms with van der Waals surface area (Å²) in [5.41, 5.74) is 4.08. The molecule has 3 aromatic rings. The Morgan fingerprint density at radius 2 is 1.77 bits per heavy atom. The molecule has 1 amide bonds. The Balaban J connectivity index is 1.77. The van der Waals surface area contributed by atoms with Crippen molar-refractivity contribution in [3.8, 4) is 0 Å². The standard InChI is InChI=1S/C22H23NO2S/c1-2-25-22(24)23-13-11-16-7-3-4-8-17(16)15-21-19(12-14-23)18-9-5-6-10-20(18)26-21/h3-10H,2,11-15H2,1H3. The quantitative estimate of drug-likeness (QED) is 0.604. The van der Waals surface area contributed by atoms with Gasteiger partial charge in [0.2, 0.25) is 0 Å². The number of nitrogens with zero attached hydrogens (tertiary/aromatic N) is 1. The Morgan fingerprint density at radius 1 is 1.04 bits per heavy atom. The lowest BCUT2D eigenvalue weighted by Gasteiger charge is -2.24. The summed E-state index contributed by atoms with van der Waals surface area (Å²) in [6.07, 6.45) is 2.52. The van der Waals surface area contributed by atoms with E-state index in [4.69, 9.17) is 4.74 Å². The van der Waals surface area contributed by atoms with Crippen LogP contribution in [0.3, 0.4) is 0 Å². The number of fused-ring (bicyclic) bond motifs is 4. The van der Waals surface area contributed by atoms with Gasteiger partial charge in [0.15, 0.2) is 0 Å². The minimum Gasteiger partial charge on any atom is -0.450 e. The number of hydrogen-bond acceptors (Lipinski definition) is 3. The normalized spacial score (nSPS) is 14.6. The molecule has 26 heavy (non-hydrogen) atoms. The summed E-state index contributed by atoms with van der Waals surface area (Å²) in [6.45, 7) is 3.68. The van der Waals surface area contributed by atoms with E-state index in [1.54, 1.807) is 0 Å². The van der Waals surface area contributed by atoms with Gasteiger partial charge in [-0.1, -0.05) is 42.5 Å². The summed E-state index contributed by atoms with van der Waals surface area (Å²) in [5, 5.41) is 1.33. The second kappa shape index (κ2) is 7.50. The predicted octanol–water partition coefficient (Wildman–Crippen LogP) is 5.05. The van der Waals surface area contributed by atoms with Crippen molar-refractivity contribution < 1.29 is 9.53 Å². The number of thiophene rings is 1. The molecule has 0 atom stereocenters. The lowest BCUT2D eigenvalue weighted by molar-refractivity contribution is 0.108. The smallest absolute Gasteiger partial charge is 0.409 e. The van der Waals surface area contributed by atoms with Gasteiger partial charge in [0.05, 0.1) is 6.61 Å². The van der Waals surface area contributed by atoms with E-state index >= 15 is 0 Å². The average molecular weight is 365 g/mol. The van der Waals surface area contributed by atoms with Gasteiger partial charge >= 0.3 is 6.09 Å². The van der Waals surface area contributed by atoms with E-state index in [1.807, 2.05) is 23.2 Å². The maximum Gasteiger partial charge on any atom is 0.409 e. The van der Waals surface area contributed by atoms with Gasteiger partial charge in [-0.3, -0.25) is 0 Å². The fourth-order valence-electron chi connectivity index (χ4n) is 3.72. The van der Waals surface area contributed by atoms with Gasteiger partial charge in [0.25, 0.3) is 0 Å². The van der Waals surface area contributed by atoms with Crippen molar-refractivity contribution in [2.75, 3.05) is 19.7 Å². The van der Waals surface area contributed by atoms with Crippen LogP contribution in [0.2, 0.25) is 0 Å². The number of benzene rings is 2. The van der Waals surface area contributed by atoms with Gasteiger partial charge in [-0.05, 0) is 47.9 Å². The topological polar surface area (TPSA) is 29.5 Å². The van der Waals surface area contributed by atoms with E-state index in [1.165, 1.54) is 31.7 Å². The highest BCUT2D eigenvalue weighted by Crippen LogP contribution is 2.34. The van der Waals surface area contributed by atoms with Crippen LogP contribution in [0, 0.1) is 0 Å². The van der Waals surface area contributed by atoms with Crippen molar-refractivity contribution in [1.29, 1.82) is 0 Å². The van der Waals surface area contributed by atoms with Gasteiger partial charge in [-0.25, -0.2) is 4.79 Å². The monoisotopic (exact) mass is 365 g/mol. The lowest BCUT2D eigenvalue weighted by atomic mass is 9.96. The highest BCUT2D eigenvalue weighted by atomic mass is 32.1. The molecule has 134 valence electrons. The number of rotatable bonds is 1. The number of hydrogen-bond donors (Lipinski definition) is 0. The van der Waals surface area contributed by atoms with Crippen LogP contribution in [-0.2, 0) is 24.0 Å². The van der Waals surface area contributed by atoms with Crippen LogP contribution in [0.15, 0.2) is 48.5 Å². The van der Waals surface area contributed by atoms with E-state index in [0.717, 1.165) is 19.3 Å². The fourth-order valence-corrected chi connectivity index (χ4v) is 5.00. The lowest BCUT2D eigenvalue weighted by Crippen LogP contribution is -2.35. The van der Waals surface area contributed by atoms with Crippen LogP contribution in [-0.4, -0.2) is 30.7 Å². The summed E-state index contributed by atoms with van der Waals surface area (Å²) in [7, 11) is 0. The molecule has 4 rings (SSSR count). The van der Waals surface area contributed by atoms with Gasteiger partial charge in [-0.15, -0.1) is 11.3 Å². The second-order valence-electron chi connectivity index (χ2n) is 6.63. The maximum absolute atomic E-state index is 12.4. The molecule has 0 radical (unpaired) electrons. The summed E-state index contributed by atoms with van der Waals surface area (Å²) in [5.74, 6) is 0. The summed E-state index contributed by atoms with van der Waals surface area (Å²) in [4.78, 5) is 15.7. The van der Waals surface area contributed by atoms with Crippen LogP contribution < -0.4 is 0 Å². The largest absolute Gasteiger partial charge is 0.450 e. The molecule has 3 nitrogen and oxygen atoms in total. The molecule has 1 aliphatic rings. The van der Waals surface area contributed by atoms with Gasteiger partial charge in [0, 0.05) is 29.1 Å². The molecule has 0 bridgehead atoms. The first-order valence-corrected chi connectivity index (χ1v) is 10.1. The first-order valence-electron chi connectivity index (χ1n) is 9.24. The molecule has 0 saturated carbocycles. The molecule has 4 heteroatoms. The Morgan fingerprint density at radius 3 is 2.62 bits per heavy atom. The zero-order valence-electron chi connectivity index (χ0n) is 15.0. The summed E-state index contributed by atoms with van der Waals surface area (Å²) >= 11 is 1.89. The number of carbonyl (C=O) groups excluding carboxylic acids is 1. The second-order valence-corrected chi connectivity index (χ2v) is 7.77. The molecule has 0 N–H and O–H groups in total. The van der Waals surface area contributed by atoms with E-state index in [2.05, 4.69) is 48.5 Å². The third kappa shape index (κ3) is 3.34. The minimum atomic E-state index is -0.202. The van der Waals surface area contributed by atoms with E-state index in [9.17, 15) is 4.79 Å². The Bertz CT molecular complexity index is 931. The van der Waals surface area contributed by atoms with Gasteiger partial charge in [0.1, 0.15) is 0 Å². The zero-order chi connectivity index (χ0) is 17.9. The fraction of sp³-hybridized carbons (Fsp3) is 0.318. The maximum atomic E-state index is 12.4. The molecule has 0 unspecified atom stereocenters. The average Bonchev–Trinajstić information content (AvgIpc) is 3.00. The molecule has 1 aromatic heterocycles. The third-order valence-corrected chi connectivity index (χ3v) is 6.27. The van der Waals surface area contributed by atoms with Crippen LogP contribution in [0.25, 0.3) is 10.1 Å². The molecule has 0 fully saturated rings. The van der Waals surface area contributed by atoms with Crippen molar-refractivity contribution in [3.05, 3.63) is 70.1 Å².